The SMILES string of the molecule is CC(F)(F)C1(F)C(F)(F)C(F)(F)C(F)(F)C(F)(F)C1(F)F. The summed E-state index contributed by atoms with van der Waals surface area (Å²) >= 11 is 0. The van der Waals surface area contributed by atoms with Crippen LogP contribution in [0, 0.1) is 0 Å². The molecule has 13 heteroatoms. The van der Waals surface area contributed by atoms with Gasteiger partial charge in [-0.25, -0.2) is 13.2 Å². The molecule has 0 bridgehead atoms. The molecule has 0 aromatic heterocycles. The summed E-state index contributed by atoms with van der Waals surface area (Å²) < 4.78 is 167. The van der Waals surface area contributed by atoms with Crippen LogP contribution in [0.3, 0.4) is 0 Å². The van der Waals surface area contributed by atoms with E-state index in [4.69, 9.17) is 0 Å². The van der Waals surface area contributed by atoms with Crippen molar-refractivity contribution in [3.63, 3.8) is 0 Å². The van der Waals surface area contributed by atoms with Gasteiger partial charge in [-0.3, -0.25) is 0 Å². The fourth-order valence-corrected chi connectivity index (χ4v) is 1.77. The van der Waals surface area contributed by atoms with Crippen molar-refractivity contribution >= 4 is 0 Å². The Morgan fingerprint density at radius 1 is 0.476 bits per heavy atom. The lowest BCUT2D eigenvalue weighted by Gasteiger charge is -2.53. The molecule has 0 aromatic carbocycles. The number of rotatable bonds is 1. The highest BCUT2D eigenvalue weighted by atomic mass is 19.4. The Morgan fingerprint density at radius 3 is 0.857 bits per heavy atom. The van der Waals surface area contributed by atoms with Crippen molar-refractivity contribution in [1.82, 2.24) is 0 Å². The average molecular weight is 346 g/mol. The van der Waals surface area contributed by atoms with Crippen LogP contribution in [0.1, 0.15) is 6.92 Å². The lowest BCUT2D eigenvalue weighted by molar-refractivity contribution is -0.504. The number of halogens is 13. The highest BCUT2D eigenvalue weighted by molar-refractivity contribution is 5.29. The molecule has 1 rings (SSSR count). The van der Waals surface area contributed by atoms with Gasteiger partial charge in [0.05, 0.1) is 0 Å². The van der Waals surface area contributed by atoms with Crippen molar-refractivity contribution in [2.45, 2.75) is 48.1 Å². The van der Waals surface area contributed by atoms with Crippen LogP contribution in [-0.2, 0) is 0 Å². The summed E-state index contributed by atoms with van der Waals surface area (Å²) in [6.07, 6.45) is 0. The molecular formula is C8H3F13. The van der Waals surface area contributed by atoms with Gasteiger partial charge in [-0.2, -0.15) is 43.9 Å². The van der Waals surface area contributed by atoms with Gasteiger partial charge in [-0.1, -0.05) is 0 Å². The molecule has 0 aromatic rings. The van der Waals surface area contributed by atoms with E-state index < -0.39 is 48.1 Å². The van der Waals surface area contributed by atoms with E-state index in [1.165, 1.54) is 0 Å². The smallest absolute Gasteiger partial charge is 0.223 e. The van der Waals surface area contributed by atoms with Gasteiger partial charge >= 0.3 is 35.3 Å². The molecular weight excluding hydrogens is 343 g/mol. The van der Waals surface area contributed by atoms with E-state index in [9.17, 15) is 57.1 Å². The molecule has 21 heavy (non-hydrogen) atoms. The van der Waals surface area contributed by atoms with E-state index in [2.05, 4.69) is 0 Å². The maximum absolute atomic E-state index is 13.4. The third-order valence-corrected chi connectivity index (χ3v) is 3.05. The van der Waals surface area contributed by atoms with Gasteiger partial charge in [-0.05, 0) is 0 Å². The molecule has 0 spiro atoms. The van der Waals surface area contributed by atoms with Crippen LogP contribution in [0.4, 0.5) is 57.1 Å². The molecule has 0 N–H and O–H groups in total. The zero-order valence-electron chi connectivity index (χ0n) is 9.41. The zero-order valence-corrected chi connectivity index (χ0v) is 9.41. The van der Waals surface area contributed by atoms with E-state index in [1.54, 1.807) is 0 Å². The monoisotopic (exact) mass is 346 g/mol. The van der Waals surface area contributed by atoms with Crippen LogP contribution in [0.5, 0.6) is 0 Å². The Kier molecular flexibility index (Phi) is 3.20. The molecule has 126 valence electrons. The molecule has 1 aliphatic carbocycles. The van der Waals surface area contributed by atoms with Crippen molar-refractivity contribution < 1.29 is 57.1 Å². The maximum atomic E-state index is 13.4. The first-order valence-electron chi connectivity index (χ1n) is 4.71. The van der Waals surface area contributed by atoms with Gasteiger partial charge in [0, 0.05) is 6.92 Å². The van der Waals surface area contributed by atoms with Crippen LogP contribution in [0.2, 0.25) is 0 Å². The second kappa shape index (κ2) is 3.70. The standard InChI is InChI=1S/C8H3F13/c1-2(9,10)3(11)4(12,13)6(16,17)8(20,21)7(18,19)5(3,14)15/h1H3. The second-order valence-corrected chi connectivity index (χ2v) is 4.42. The predicted molar refractivity (Wildman–Crippen MR) is 39.2 cm³/mol. The molecule has 0 aliphatic heterocycles. The minimum Gasteiger partial charge on any atom is -0.223 e. The highest BCUT2D eigenvalue weighted by Crippen LogP contribution is 2.72. The van der Waals surface area contributed by atoms with E-state index in [0.29, 0.717) is 0 Å². The van der Waals surface area contributed by atoms with E-state index in [-0.39, 0.29) is 0 Å². The first kappa shape index (κ1) is 18.1. The van der Waals surface area contributed by atoms with Crippen LogP contribution in [0.25, 0.3) is 0 Å². The molecule has 0 saturated heterocycles. The van der Waals surface area contributed by atoms with Crippen LogP contribution >= 0.6 is 0 Å². The number of alkyl halides is 13. The molecule has 1 saturated carbocycles. The van der Waals surface area contributed by atoms with E-state index >= 15 is 0 Å². The first-order valence-corrected chi connectivity index (χ1v) is 4.71. The third-order valence-electron chi connectivity index (χ3n) is 3.05. The summed E-state index contributed by atoms with van der Waals surface area (Å²) in [7, 11) is 0. The average Bonchev–Trinajstić information content (AvgIpc) is 2.23. The Bertz CT molecular complexity index is 412. The molecule has 0 nitrogen and oxygen atoms in total. The Labute approximate surface area is 106 Å². The Balaban J connectivity index is 3.93. The summed E-state index contributed by atoms with van der Waals surface area (Å²) in [5.41, 5.74) is -7.25. The number of hydrogen-bond donors (Lipinski definition) is 0. The normalized spacial score (nSPS) is 31.7. The molecule has 0 amide bonds. The fraction of sp³-hybridized carbons (Fsp3) is 1.00. The summed E-state index contributed by atoms with van der Waals surface area (Å²) in [6, 6.07) is 0. The number of hydrogen-bond acceptors (Lipinski definition) is 0. The van der Waals surface area contributed by atoms with Gasteiger partial charge in [-0.15, -0.1) is 0 Å². The van der Waals surface area contributed by atoms with Gasteiger partial charge in [0.2, 0.25) is 0 Å². The topological polar surface area (TPSA) is 0 Å². The Morgan fingerprint density at radius 2 is 0.667 bits per heavy atom. The molecule has 1 aliphatic rings. The van der Waals surface area contributed by atoms with Crippen molar-refractivity contribution in [2.24, 2.45) is 0 Å². The molecule has 0 radical (unpaired) electrons. The van der Waals surface area contributed by atoms with Gasteiger partial charge < -0.3 is 0 Å². The Hall–Kier alpha value is -0.910. The van der Waals surface area contributed by atoms with Crippen LogP contribution in [0.15, 0.2) is 0 Å². The van der Waals surface area contributed by atoms with Gasteiger partial charge in [0.1, 0.15) is 0 Å². The zero-order chi connectivity index (χ0) is 17.5. The maximum Gasteiger partial charge on any atom is 0.384 e. The van der Waals surface area contributed by atoms with Gasteiger partial charge in [0.25, 0.3) is 5.92 Å². The van der Waals surface area contributed by atoms with Crippen molar-refractivity contribution in [3.8, 4) is 0 Å². The minimum absolute atomic E-state index is 1.13. The molecule has 1 fully saturated rings. The lowest BCUT2D eigenvalue weighted by Crippen LogP contribution is -2.86. The lowest BCUT2D eigenvalue weighted by atomic mass is 9.69. The predicted octanol–water partition coefficient (Wildman–Crippen LogP) is 4.54. The summed E-state index contributed by atoms with van der Waals surface area (Å²) in [5.74, 6) is -43.7. The van der Waals surface area contributed by atoms with E-state index in [0.717, 1.165) is 0 Å². The van der Waals surface area contributed by atoms with Crippen LogP contribution < -0.4 is 0 Å². The quantitative estimate of drug-likeness (QED) is 0.612. The third kappa shape index (κ3) is 1.45. The van der Waals surface area contributed by atoms with Crippen molar-refractivity contribution in [3.05, 3.63) is 0 Å². The molecule has 0 heterocycles. The fourth-order valence-electron chi connectivity index (χ4n) is 1.77. The molecule has 0 unspecified atom stereocenters. The first-order chi connectivity index (χ1) is 8.75. The van der Waals surface area contributed by atoms with E-state index in [1.807, 2.05) is 0 Å². The largest absolute Gasteiger partial charge is 0.384 e. The molecule has 0 atom stereocenters. The van der Waals surface area contributed by atoms with Crippen LogP contribution in [-0.4, -0.2) is 41.2 Å². The summed E-state index contributed by atoms with van der Waals surface area (Å²) in [6.45, 7) is -1.13. The second-order valence-electron chi connectivity index (χ2n) is 4.42. The van der Waals surface area contributed by atoms with Crippen molar-refractivity contribution in [1.29, 1.82) is 0 Å². The summed E-state index contributed by atoms with van der Waals surface area (Å²) in [5, 5.41) is 0. The minimum atomic E-state index is -7.50. The highest BCUT2D eigenvalue weighted by Gasteiger charge is 3.04. The van der Waals surface area contributed by atoms with Crippen molar-refractivity contribution in [2.75, 3.05) is 0 Å². The van der Waals surface area contributed by atoms with Gasteiger partial charge in [0.15, 0.2) is 0 Å². The summed E-state index contributed by atoms with van der Waals surface area (Å²) in [4.78, 5) is 0.